The second-order valence-electron chi connectivity index (χ2n) is 3.39. The SMILES string of the molecule is Cc1nocc1S(=O)(=O)NCCc1ccns1. The van der Waals surface area contributed by atoms with Crippen LogP contribution < -0.4 is 4.72 Å². The van der Waals surface area contributed by atoms with E-state index in [9.17, 15) is 8.42 Å². The molecule has 0 aromatic carbocycles. The van der Waals surface area contributed by atoms with Gasteiger partial charge in [0.05, 0.1) is 0 Å². The highest BCUT2D eigenvalue weighted by Crippen LogP contribution is 2.12. The molecule has 0 radical (unpaired) electrons. The highest BCUT2D eigenvalue weighted by atomic mass is 32.2. The van der Waals surface area contributed by atoms with Crippen LogP contribution in [0.15, 0.2) is 27.9 Å². The van der Waals surface area contributed by atoms with Gasteiger partial charge in [0.15, 0.2) is 0 Å². The van der Waals surface area contributed by atoms with Gasteiger partial charge in [-0.25, -0.2) is 17.5 Å². The zero-order valence-electron chi connectivity index (χ0n) is 9.08. The van der Waals surface area contributed by atoms with E-state index in [-0.39, 0.29) is 4.90 Å². The molecular formula is C9H11N3O3S2. The van der Waals surface area contributed by atoms with Crippen molar-refractivity contribution in [3.8, 4) is 0 Å². The van der Waals surface area contributed by atoms with Gasteiger partial charge in [0, 0.05) is 17.6 Å². The van der Waals surface area contributed by atoms with E-state index >= 15 is 0 Å². The Morgan fingerprint density at radius 1 is 1.53 bits per heavy atom. The Morgan fingerprint density at radius 3 is 2.94 bits per heavy atom. The van der Waals surface area contributed by atoms with Crippen LogP contribution in [-0.2, 0) is 16.4 Å². The third-order valence-electron chi connectivity index (χ3n) is 2.15. The van der Waals surface area contributed by atoms with Crippen molar-refractivity contribution >= 4 is 21.6 Å². The van der Waals surface area contributed by atoms with Crippen molar-refractivity contribution in [3.05, 3.63) is 29.1 Å². The summed E-state index contributed by atoms with van der Waals surface area (Å²) in [4.78, 5) is 1.12. The van der Waals surface area contributed by atoms with Crippen LogP contribution in [0.3, 0.4) is 0 Å². The van der Waals surface area contributed by atoms with E-state index in [0.29, 0.717) is 18.7 Å². The summed E-state index contributed by atoms with van der Waals surface area (Å²) < 4.78 is 34.7. The van der Waals surface area contributed by atoms with Crippen molar-refractivity contribution in [2.75, 3.05) is 6.54 Å². The van der Waals surface area contributed by atoms with E-state index in [2.05, 4.69) is 18.8 Å². The van der Waals surface area contributed by atoms with Gasteiger partial charge in [-0.1, -0.05) is 5.16 Å². The molecule has 0 saturated heterocycles. The topological polar surface area (TPSA) is 85.1 Å². The van der Waals surface area contributed by atoms with Gasteiger partial charge in [-0.2, -0.15) is 0 Å². The van der Waals surface area contributed by atoms with Gasteiger partial charge in [-0.15, -0.1) is 0 Å². The van der Waals surface area contributed by atoms with Gasteiger partial charge < -0.3 is 4.52 Å². The summed E-state index contributed by atoms with van der Waals surface area (Å²) in [6.45, 7) is 1.91. The summed E-state index contributed by atoms with van der Waals surface area (Å²) in [5, 5.41) is 3.54. The first-order valence-corrected chi connectivity index (χ1v) is 7.15. The molecule has 0 unspecified atom stereocenters. The van der Waals surface area contributed by atoms with Gasteiger partial charge >= 0.3 is 0 Å². The Kier molecular flexibility index (Phi) is 3.55. The van der Waals surface area contributed by atoms with Crippen molar-refractivity contribution in [1.29, 1.82) is 0 Å². The Bertz CT molecular complexity index is 574. The molecule has 0 aliphatic heterocycles. The van der Waals surface area contributed by atoms with Crippen LogP contribution in [0, 0.1) is 6.92 Å². The first kappa shape index (κ1) is 12.2. The maximum atomic E-state index is 11.8. The van der Waals surface area contributed by atoms with E-state index in [1.807, 2.05) is 6.07 Å². The van der Waals surface area contributed by atoms with Crippen molar-refractivity contribution < 1.29 is 12.9 Å². The molecule has 2 heterocycles. The molecule has 0 aliphatic rings. The lowest BCUT2D eigenvalue weighted by Gasteiger charge is -2.03. The van der Waals surface area contributed by atoms with Gasteiger partial charge in [-0.3, -0.25) is 0 Å². The molecule has 0 bridgehead atoms. The quantitative estimate of drug-likeness (QED) is 0.877. The second-order valence-corrected chi connectivity index (χ2v) is 6.04. The number of nitrogens with one attached hydrogen (secondary N) is 1. The number of aromatic nitrogens is 2. The summed E-state index contributed by atoms with van der Waals surface area (Å²) in [5.74, 6) is 0. The molecular weight excluding hydrogens is 262 g/mol. The monoisotopic (exact) mass is 273 g/mol. The molecule has 2 aromatic rings. The average molecular weight is 273 g/mol. The standard InChI is InChI=1S/C9H11N3O3S2/c1-7-9(6-15-12-7)17(13,14)11-5-3-8-2-4-10-16-8/h2,4,6,11H,3,5H2,1H3. The predicted octanol–water partition coefficient (Wildman–Crippen LogP) is 0.961. The first-order chi connectivity index (χ1) is 8.09. The van der Waals surface area contributed by atoms with E-state index in [0.717, 1.165) is 11.1 Å². The Hall–Kier alpha value is -1.25. The van der Waals surface area contributed by atoms with Crippen molar-refractivity contribution in [1.82, 2.24) is 14.3 Å². The number of sulfonamides is 1. The molecule has 92 valence electrons. The number of rotatable bonds is 5. The summed E-state index contributed by atoms with van der Waals surface area (Å²) in [6.07, 6.45) is 3.44. The van der Waals surface area contributed by atoms with Crippen molar-refractivity contribution in [3.63, 3.8) is 0 Å². The lowest BCUT2D eigenvalue weighted by molar-refractivity contribution is 0.413. The molecule has 0 spiro atoms. The van der Waals surface area contributed by atoms with Crippen LogP contribution in [0.5, 0.6) is 0 Å². The van der Waals surface area contributed by atoms with E-state index in [1.54, 1.807) is 13.1 Å². The molecule has 0 atom stereocenters. The lowest BCUT2D eigenvalue weighted by Crippen LogP contribution is -2.26. The van der Waals surface area contributed by atoms with E-state index < -0.39 is 10.0 Å². The third kappa shape index (κ3) is 2.90. The van der Waals surface area contributed by atoms with Gasteiger partial charge in [0.2, 0.25) is 10.0 Å². The highest BCUT2D eigenvalue weighted by Gasteiger charge is 2.19. The highest BCUT2D eigenvalue weighted by molar-refractivity contribution is 7.89. The fourth-order valence-corrected chi connectivity index (χ4v) is 2.99. The lowest BCUT2D eigenvalue weighted by atomic mass is 10.4. The maximum Gasteiger partial charge on any atom is 0.245 e. The number of hydrogen-bond acceptors (Lipinski definition) is 6. The van der Waals surface area contributed by atoms with Crippen molar-refractivity contribution in [2.45, 2.75) is 18.2 Å². The minimum atomic E-state index is -3.52. The summed E-state index contributed by atoms with van der Waals surface area (Å²) in [5.41, 5.74) is 0.357. The van der Waals surface area contributed by atoms with E-state index in [1.165, 1.54) is 11.5 Å². The van der Waals surface area contributed by atoms with Crippen LogP contribution in [0.1, 0.15) is 10.6 Å². The molecule has 0 amide bonds. The second kappa shape index (κ2) is 4.94. The predicted molar refractivity (Wildman–Crippen MR) is 62.2 cm³/mol. The molecule has 0 saturated carbocycles. The Labute approximate surface area is 103 Å². The minimum absolute atomic E-state index is 0.0850. The zero-order chi connectivity index (χ0) is 12.3. The summed E-state index contributed by atoms with van der Waals surface area (Å²) in [6, 6.07) is 1.86. The molecule has 6 nitrogen and oxygen atoms in total. The number of aryl methyl sites for hydroxylation is 1. The Balaban J connectivity index is 1.97. The Morgan fingerprint density at radius 2 is 2.35 bits per heavy atom. The third-order valence-corrected chi connectivity index (χ3v) is 4.51. The van der Waals surface area contributed by atoms with Crippen LogP contribution in [0.25, 0.3) is 0 Å². The average Bonchev–Trinajstić information content (AvgIpc) is 2.88. The molecule has 0 fully saturated rings. The molecule has 2 aromatic heterocycles. The van der Waals surface area contributed by atoms with Gasteiger partial charge in [0.25, 0.3) is 0 Å². The zero-order valence-corrected chi connectivity index (χ0v) is 10.7. The van der Waals surface area contributed by atoms with Crippen LogP contribution in [0.2, 0.25) is 0 Å². The van der Waals surface area contributed by atoms with Crippen LogP contribution >= 0.6 is 11.5 Å². The molecule has 0 aliphatic carbocycles. The smallest absolute Gasteiger partial charge is 0.245 e. The molecule has 1 N–H and O–H groups in total. The fourth-order valence-electron chi connectivity index (χ4n) is 1.30. The fraction of sp³-hybridized carbons (Fsp3) is 0.333. The first-order valence-electron chi connectivity index (χ1n) is 4.90. The molecule has 8 heteroatoms. The molecule has 17 heavy (non-hydrogen) atoms. The number of hydrogen-bond donors (Lipinski definition) is 1. The van der Waals surface area contributed by atoms with Gasteiger partial charge in [-0.05, 0) is 30.9 Å². The summed E-state index contributed by atoms with van der Waals surface area (Å²) in [7, 11) is -3.52. The van der Waals surface area contributed by atoms with Gasteiger partial charge in [0.1, 0.15) is 16.9 Å². The normalized spacial score (nSPS) is 11.8. The van der Waals surface area contributed by atoms with E-state index in [4.69, 9.17) is 0 Å². The van der Waals surface area contributed by atoms with Crippen LogP contribution in [-0.4, -0.2) is 24.5 Å². The molecule has 2 rings (SSSR count). The maximum absolute atomic E-state index is 11.8. The summed E-state index contributed by atoms with van der Waals surface area (Å²) >= 11 is 1.36. The minimum Gasteiger partial charge on any atom is -0.363 e. The number of nitrogens with zero attached hydrogens (tertiary/aromatic N) is 2. The van der Waals surface area contributed by atoms with Crippen molar-refractivity contribution in [2.24, 2.45) is 0 Å². The van der Waals surface area contributed by atoms with Crippen LogP contribution in [0.4, 0.5) is 0 Å². The largest absolute Gasteiger partial charge is 0.363 e.